The van der Waals surface area contributed by atoms with Crippen LogP contribution in [-0.2, 0) is 18.4 Å². The summed E-state index contributed by atoms with van der Waals surface area (Å²) >= 11 is 6.22. The predicted molar refractivity (Wildman–Crippen MR) is 127 cm³/mol. The number of aliphatic hydroxyl groups is 1. The normalized spacial score (nSPS) is 23.0. The average molecular weight is 565 g/mol. The van der Waals surface area contributed by atoms with Crippen molar-refractivity contribution in [3.05, 3.63) is 58.8 Å². The third kappa shape index (κ3) is 6.31. The number of aliphatic hydroxyl groups excluding tert-OH is 1. The predicted octanol–water partition coefficient (Wildman–Crippen LogP) is 3.22. The van der Waals surface area contributed by atoms with Gasteiger partial charge in [0.2, 0.25) is 0 Å². The van der Waals surface area contributed by atoms with Crippen molar-refractivity contribution < 1.29 is 42.6 Å². The first-order valence-electron chi connectivity index (χ1n) is 10.7. The fourth-order valence-electron chi connectivity index (χ4n) is 3.95. The Labute approximate surface area is 209 Å². The first kappa shape index (κ1) is 27.1. The van der Waals surface area contributed by atoms with Crippen molar-refractivity contribution in [2.45, 2.75) is 37.7 Å². The van der Waals surface area contributed by atoms with Gasteiger partial charge in [-0.1, -0.05) is 29.8 Å². The number of imidazole rings is 1. The number of hydrogen-bond donors (Lipinski definition) is 5. The Morgan fingerprint density at radius 3 is 2.75 bits per heavy atom. The van der Waals surface area contributed by atoms with E-state index in [1.165, 1.54) is 16.8 Å². The van der Waals surface area contributed by atoms with Crippen LogP contribution >= 0.6 is 26.8 Å². The Morgan fingerprint density at radius 2 is 2.06 bits per heavy atom. The van der Waals surface area contributed by atoms with Crippen molar-refractivity contribution in [1.29, 1.82) is 0 Å². The largest absolute Gasteiger partial charge is 0.390 e. The third-order valence-corrected chi connectivity index (χ3v) is 9.21. The van der Waals surface area contributed by atoms with Gasteiger partial charge in [0.05, 0.1) is 36.3 Å². The molecule has 1 aliphatic rings. The van der Waals surface area contributed by atoms with E-state index in [1.807, 2.05) is 0 Å². The third-order valence-electron chi connectivity index (χ3n) is 5.57. The minimum Gasteiger partial charge on any atom is -0.390 e. The van der Waals surface area contributed by atoms with Gasteiger partial charge >= 0.3 is 15.2 Å². The Balaban J connectivity index is 1.52. The molecule has 0 aliphatic carbocycles. The number of fused-ring (bicyclic) bond motifs is 1. The molecule has 1 aliphatic heterocycles. The van der Waals surface area contributed by atoms with Gasteiger partial charge in [-0.05, 0) is 13.0 Å². The van der Waals surface area contributed by atoms with Gasteiger partial charge in [0.25, 0.3) is 0 Å². The van der Waals surface area contributed by atoms with E-state index in [4.69, 9.17) is 30.6 Å². The van der Waals surface area contributed by atoms with Crippen LogP contribution in [0.25, 0.3) is 5.65 Å². The van der Waals surface area contributed by atoms with Crippen LogP contribution in [0.15, 0.2) is 36.5 Å². The van der Waals surface area contributed by atoms with Crippen LogP contribution in [0.1, 0.15) is 36.7 Å². The van der Waals surface area contributed by atoms with Crippen LogP contribution in [0.4, 0.5) is 10.1 Å². The summed E-state index contributed by atoms with van der Waals surface area (Å²) in [5.74, 6) is -1.71. The summed E-state index contributed by atoms with van der Waals surface area (Å²) in [5.41, 5.74) is 1.73. The number of anilines is 1. The summed E-state index contributed by atoms with van der Waals surface area (Å²) in [5, 5.41) is 17.9. The minimum absolute atomic E-state index is 0.0681. The highest BCUT2D eigenvalue weighted by atomic mass is 35.5. The smallest absolute Gasteiger partial charge is 0.340 e. The summed E-state index contributed by atoms with van der Waals surface area (Å²) in [6.45, 7) is 1.21. The number of halogens is 2. The molecule has 0 spiro atoms. The van der Waals surface area contributed by atoms with Crippen LogP contribution in [-0.4, -0.2) is 59.1 Å². The van der Waals surface area contributed by atoms with Gasteiger partial charge in [-0.3, -0.25) is 9.13 Å². The molecular weight excluding hydrogens is 541 g/mol. The summed E-state index contributed by atoms with van der Waals surface area (Å²) in [7, 11) is -9.39. The molecule has 0 amide bonds. The maximum atomic E-state index is 14.2. The van der Waals surface area contributed by atoms with E-state index in [0.717, 1.165) is 0 Å². The summed E-state index contributed by atoms with van der Waals surface area (Å²) in [6.07, 6.45) is -1.35. The van der Waals surface area contributed by atoms with Gasteiger partial charge < -0.3 is 34.4 Å². The first-order valence-corrected chi connectivity index (χ1v) is 14.7. The zero-order valence-corrected chi connectivity index (χ0v) is 21.4. The van der Waals surface area contributed by atoms with E-state index < -0.39 is 52.1 Å². The van der Waals surface area contributed by atoms with Crippen LogP contribution in [0.5, 0.6) is 0 Å². The topological polar surface area (TPSA) is 176 Å². The Hall–Kier alpha value is -1.92. The lowest BCUT2D eigenvalue weighted by molar-refractivity contribution is -0.0198. The highest BCUT2D eigenvalue weighted by molar-refractivity contribution is 7.70. The summed E-state index contributed by atoms with van der Waals surface area (Å²) in [4.78, 5) is 31.8. The Bertz CT molecular complexity index is 1350. The Kier molecular flexibility index (Phi) is 7.87. The average Bonchev–Trinajstić information content (AvgIpc) is 3.34. The van der Waals surface area contributed by atoms with Gasteiger partial charge in [0.1, 0.15) is 18.0 Å². The monoisotopic (exact) mass is 564 g/mol. The molecule has 1 aromatic carbocycles. The second-order valence-corrected chi connectivity index (χ2v) is 12.8. The SMILES string of the molecule is C[C@H](Nc1cc(Cl)nn2c([C@H]3C[C@H](O)[C@@H](COP(=O)(O)CP(=O)(O)O)O3)cnc12)c1ccccc1F. The maximum absolute atomic E-state index is 14.2. The van der Waals surface area contributed by atoms with Gasteiger partial charge in [0, 0.05) is 18.1 Å². The molecule has 16 heteroatoms. The fourth-order valence-corrected chi connectivity index (χ4v) is 6.71. The van der Waals surface area contributed by atoms with Crippen LogP contribution in [0.2, 0.25) is 5.15 Å². The summed E-state index contributed by atoms with van der Waals surface area (Å²) < 4.78 is 49.1. The van der Waals surface area contributed by atoms with Crippen LogP contribution in [0, 0.1) is 5.82 Å². The first-order chi connectivity index (χ1) is 16.8. The van der Waals surface area contributed by atoms with Crippen molar-refractivity contribution in [2.24, 2.45) is 0 Å². The number of rotatable bonds is 9. The van der Waals surface area contributed by atoms with E-state index in [2.05, 4.69) is 15.4 Å². The fraction of sp³-hybridized carbons (Fsp3) is 0.400. The number of nitrogens with zero attached hydrogens (tertiary/aromatic N) is 3. The molecule has 3 heterocycles. The van der Waals surface area contributed by atoms with Crippen molar-refractivity contribution in [3.8, 4) is 0 Å². The van der Waals surface area contributed by atoms with E-state index >= 15 is 0 Å². The van der Waals surface area contributed by atoms with Gasteiger partial charge in [-0.2, -0.15) is 5.10 Å². The van der Waals surface area contributed by atoms with Crippen LogP contribution < -0.4 is 5.32 Å². The molecule has 1 unspecified atom stereocenters. The molecule has 5 atom stereocenters. The molecule has 4 rings (SSSR count). The standard InChI is InChI=1S/C20H24ClFN4O8P2/c1-11(12-4-2-3-5-13(12)22)24-14-6-19(21)25-26-15(8-23-20(14)26)17-7-16(27)18(34-17)9-33-36(31,32)10-35(28,29)30/h2-6,8,11,16-18,24,27H,7,9-10H2,1H3,(H,31,32)(H2,28,29,30)/t11-,16-,17+,18+/m0/s1. The molecule has 36 heavy (non-hydrogen) atoms. The molecule has 1 fully saturated rings. The summed E-state index contributed by atoms with van der Waals surface area (Å²) in [6, 6.07) is 7.46. The van der Waals surface area contributed by atoms with Crippen molar-refractivity contribution in [1.82, 2.24) is 14.6 Å². The molecule has 196 valence electrons. The van der Waals surface area contributed by atoms with Crippen molar-refractivity contribution >= 4 is 38.1 Å². The molecule has 2 aromatic heterocycles. The number of benzene rings is 1. The number of nitrogens with one attached hydrogen (secondary N) is 1. The van der Waals surface area contributed by atoms with Crippen molar-refractivity contribution in [3.63, 3.8) is 0 Å². The molecular formula is C20H24ClFN4O8P2. The number of ether oxygens (including phenoxy) is 1. The number of aromatic nitrogens is 3. The van der Waals surface area contributed by atoms with E-state index in [9.17, 15) is 23.5 Å². The quantitative estimate of drug-likeness (QED) is 0.241. The van der Waals surface area contributed by atoms with E-state index in [0.29, 0.717) is 22.6 Å². The highest BCUT2D eigenvalue weighted by Crippen LogP contribution is 2.55. The van der Waals surface area contributed by atoms with Crippen LogP contribution in [0.3, 0.4) is 0 Å². The zero-order valence-electron chi connectivity index (χ0n) is 18.8. The molecule has 1 saturated heterocycles. The molecule has 0 radical (unpaired) electrons. The molecule has 0 saturated carbocycles. The molecule has 3 aromatic rings. The molecule has 5 N–H and O–H groups in total. The molecule has 12 nitrogen and oxygen atoms in total. The van der Waals surface area contributed by atoms with E-state index in [-0.39, 0.29) is 17.4 Å². The second-order valence-electron chi connectivity index (χ2n) is 8.39. The lowest BCUT2D eigenvalue weighted by Crippen LogP contribution is -2.26. The van der Waals surface area contributed by atoms with Gasteiger partial charge in [-0.25, -0.2) is 13.9 Å². The maximum Gasteiger partial charge on any atom is 0.340 e. The lowest BCUT2D eigenvalue weighted by atomic mass is 10.1. The minimum atomic E-state index is -4.79. The highest BCUT2D eigenvalue weighted by Gasteiger charge is 2.39. The van der Waals surface area contributed by atoms with Gasteiger partial charge in [-0.15, -0.1) is 0 Å². The Morgan fingerprint density at radius 1 is 1.33 bits per heavy atom. The van der Waals surface area contributed by atoms with E-state index in [1.54, 1.807) is 31.2 Å². The molecule has 0 bridgehead atoms. The lowest BCUT2D eigenvalue weighted by Gasteiger charge is -2.18. The zero-order chi connectivity index (χ0) is 26.3. The van der Waals surface area contributed by atoms with Crippen molar-refractivity contribution in [2.75, 3.05) is 17.8 Å². The number of hydrogen-bond acceptors (Lipinski definition) is 8. The second kappa shape index (κ2) is 10.4. The van der Waals surface area contributed by atoms with Gasteiger partial charge in [0.15, 0.2) is 16.7 Å².